The van der Waals surface area contributed by atoms with Gasteiger partial charge >= 0.3 is 0 Å². The van der Waals surface area contributed by atoms with E-state index < -0.39 is 10.0 Å². The lowest BCUT2D eigenvalue weighted by Gasteiger charge is -2.24. The Bertz CT molecular complexity index is 695. The standard InChI is InChI=1S/C16H21NO3S2/c1-12-5-7-15(8-6-12)22(19,20)17-9-13(2)16(4,10-17)11-21-14(3)18/h5-8H,2,9-11H2,1,3-4H3. The van der Waals surface area contributed by atoms with E-state index in [9.17, 15) is 13.2 Å². The van der Waals surface area contributed by atoms with Crippen molar-refractivity contribution in [3.8, 4) is 0 Å². The van der Waals surface area contributed by atoms with Crippen molar-refractivity contribution in [3.63, 3.8) is 0 Å². The maximum atomic E-state index is 12.7. The molecule has 1 unspecified atom stereocenters. The molecular formula is C16H21NO3S2. The van der Waals surface area contributed by atoms with E-state index in [-0.39, 0.29) is 10.5 Å². The minimum absolute atomic E-state index is 0.0360. The summed E-state index contributed by atoms with van der Waals surface area (Å²) in [6, 6.07) is 6.85. The minimum Gasteiger partial charge on any atom is -0.288 e. The topological polar surface area (TPSA) is 54.5 Å². The minimum atomic E-state index is -3.52. The number of rotatable bonds is 4. The highest BCUT2D eigenvalue weighted by Crippen LogP contribution is 2.39. The summed E-state index contributed by atoms with van der Waals surface area (Å²) in [6.07, 6.45) is 0. The van der Waals surface area contributed by atoms with Crippen LogP contribution in [0.15, 0.2) is 41.3 Å². The zero-order valence-electron chi connectivity index (χ0n) is 13.1. The van der Waals surface area contributed by atoms with Crippen LogP contribution >= 0.6 is 11.8 Å². The number of sulfonamides is 1. The van der Waals surface area contributed by atoms with Crippen LogP contribution in [-0.2, 0) is 14.8 Å². The largest absolute Gasteiger partial charge is 0.288 e. The number of carbonyl (C=O) groups excluding carboxylic acids is 1. The van der Waals surface area contributed by atoms with Crippen LogP contribution < -0.4 is 0 Å². The molecule has 1 aromatic carbocycles. The summed E-state index contributed by atoms with van der Waals surface area (Å²) >= 11 is 1.22. The van der Waals surface area contributed by atoms with Gasteiger partial charge in [-0.3, -0.25) is 4.79 Å². The molecule has 1 aliphatic heterocycles. The molecule has 0 aliphatic carbocycles. The molecule has 0 saturated carbocycles. The molecule has 1 heterocycles. The average molecular weight is 339 g/mol. The molecule has 6 heteroatoms. The van der Waals surface area contributed by atoms with Crippen LogP contribution in [0.5, 0.6) is 0 Å². The summed E-state index contributed by atoms with van der Waals surface area (Å²) in [7, 11) is -3.52. The van der Waals surface area contributed by atoms with Crippen LogP contribution in [0.25, 0.3) is 0 Å². The van der Waals surface area contributed by atoms with Gasteiger partial charge in [-0.05, 0) is 19.1 Å². The fourth-order valence-corrected chi connectivity index (χ4v) is 4.77. The van der Waals surface area contributed by atoms with Crippen molar-refractivity contribution in [2.75, 3.05) is 18.8 Å². The summed E-state index contributed by atoms with van der Waals surface area (Å²) in [5.74, 6) is 0.557. The molecule has 1 atom stereocenters. The van der Waals surface area contributed by atoms with E-state index in [1.807, 2.05) is 13.8 Å². The summed E-state index contributed by atoms with van der Waals surface area (Å²) < 4.78 is 26.9. The lowest BCUT2D eigenvalue weighted by molar-refractivity contribution is -0.109. The smallest absolute Gasteiger partial charge is 0.243 e. The van der Waals surface area contributed by atoms with E-state index in [1.54, 1.807) is 24.3 Å². The van der Waals surface area contributed by atoms with Gasteiger partial charge < -0.3 is 0 Å². The first-order chi connectivity index (χ1) is 10.1. The fraction of sp³-hybridized carbons (Fsp3) is 0.438. The Balaban J connectivity index is 2.22. The Hall–Kier alpha value is -1.11. The SMILES string of the molecule is C=C1CN(S(=O)(=O)c2ccc(C)cc2)CC1(C)CSC(C)=O. The van der Waals surface area contributed by atoms with Gasteiger partial charge in [0.2, 0.25) is 10.0 Å². The lowest BCUT2D eigenvalue weighted by atomic mass is 9.88. The Labute approximate surface area is 136 Å². The molecule has 1 fully saturated rings. The Morgan fingerprint density at radius 1 is 1.36 bits per heavy atom. The summed E-state index contributed by atoms with van der Waals surface area (Å²) in [5.41, 5.74) is 1.51. The molecule has 0 amide bonds. The van der Waals surface area contributed by atoms with Crippen LogP contribution in [0.4, 0.5) is 0 Å². The molecule has 1 aliphatic rings. The van der Waals surface area contributed by atoms with Crippen LogP contribution in [0.2, 0.25) is 0 Å². The van der Waals surface area contributed by atoms with Crippen LogP contribution in [0.3, 0.4) is 0 Å². The van der Waals surface area contributed by atoms with Gasteiger partial charge in [0, 0.05) is 31.2 Å². The number of benzene rings is 1. The predicted octanol–water partition coefficient (Wildman–Crippen LogP) is 2.84. The van der Waals surface area contributed by atoms with E-state index >= 15 is 0 Å². The van der Waals surface area contributed by atoms with Gasteiger partial charge in [-0.2, -0.15) is 4.31 Å². The highest BCUT2D eigenvalue weighted by molar-refractivity contribution is 8.13. The maximum Gasteiger partial charge on any atom is 0.243 e. The second kappa shape index (κ2) is 6.18. The second-order valence-corrected chi connectivity index (χ2v) is 9.12. The van der Waals surface area contributed by atoms with Crippen molar-refractivity contribution in [1.82, 2.24) is 4.31 Å². The average Bonchev–Trinajstić information content (AvgIpc) is 2.74. The van der Waals surface area contributed by atoms with Gasteiger partial charge in [-0.1, -0.05) is 48.5 Å². The lowest BCUT2D eigenvalue weighted by Crippen LogP contribution is -2.32. The molecule has 0 spiro atoms. The van der Waals surface area contributed by atoms with Crippen LogP contribution in [0.1, 0.15) is 19.4 Å². The Kier molecular flexibility index (Phi) is 4.84. The normalized spacial score (nSPS) is 23.0. The van der Waals surface area contributed by atoms with Crippen molar-refractivity contribution in [3.05, 3.63) is 42.0 Å². The molecule has 4 nitrogen and oxygen atoms in total. The Morgan fingerprint density at radius 2 is 1.95 bits per heavy atom. The van der Waals surface area contributed by atoms with Crippen molar-refractivity contribution in [2.24, 2.45) is 5.41 Å². The van der Waals surface area contributed by atoms with Gasteiger partial charge in [0.15, 0.2) is 5.12 Å². The van der Waals surface area contributed by atoms with Crippen LogP contribution in [-0.4, -0.2) is 36.7 Å². The van der Waals surface area contributed by atoms with E-state index in [0.717, 1.165) is 11.1 Å². The van der Waals surface area contributed by atoms with Gasteiger partial charge in [-0.15, -0.1) is 0 Å². The number of thioether (sulfide) groups is 1. The Morgan fingerprint density at radius 3 is 2.50 bits per heavy atom. The number of nitrogens with zero attached hydrogens (tertiary/aromatic N) is 1. The van der Waals surface area contributed by atoms with Crippen molar-refractivity contribution >= 4 is 26.9 Å². The predicted molar refractivity (Wildman–Crippen MR) is 90.3 cm³/mol. The first-order valence-electron chi connectivity index (χ1n) is 7.03. The van der Waals surface area contributed by atoms with Crippen LogP contribution in [0, 0.1) is 12.3 Å². The highest BCUT2D eigenvalue weighted by atomic mass is 32.2. The molecule has 120 valence electrons. The fourth-order valence-electron chi connectivity index (χ4n) is 2.40. The first-order valence-corrected chi connectivity index (χ1v) is 9.46. The number of aryl methyl sites for hydroxylation is 1. The van der Waals surface area contributed by atoms with E-state index in [2.05, 4.69) is 6.58 Å². The summed E-state index contributed by atoms with van der Waals surface area (Å²) in [5, 5.41) is 0.0360. The number of hydrogen-bond acceptors (Lipinski definition) is 4. The molecule has 2 rings (SSSR count). The summed E-state index contributed by atoms with van der Waals surface area (Å²) in [6.45, 7) is 10.1. The van der Waals surface area contributed by atoms with E-state index in [4.69, 9.17) is 0 Å². The molecular weight excluding hydrogens is 318 g/mol. The van der Waals surface area contributed by atoms with Gasteiger partial charge in [0.05, 0.1) is 4.90 Å². The zero-order valence-corrected chi connectivity index (χ0v) is 14.8. The number of hydrogen-bond donors (Lipinski definition) is 0. The van der Waals surface area contributed by atoms with Gasteiger partial charge in [-0.25, -0.2) is 8.42 Å². The van der Waals surface area contributed by atoms with E-state index in [1.165, 1.54) is 23.0 Å². The van der Waals surface area contributed by atoms with E-state index in [0.29, 0.717) is 23.7 Å². The quantitative estimate of drug-likeness (QED) is 0.792. The third-order valence-electron chi connectivity index (χ3n) is 4.00. The van der Waals surface area contributed by atoms with Crippen molar-refractivity contribution < 1.29 is 13.2 Å². The zero-order chi connectivity index (χ0) is 16.5. The molecule has 0 radical (unpaired) electrons. The van der Waals surface area contributed by atoms with Crippen molar-refractivity contribution in [2.45, 2.75) is 25.7 Å². The number of carbonyl (C=O) groups is 1. The monoisotopic (exact) mass is 339 g/mol. The molecule has 1 aromatic rings. The van der Waals surface area contributed by atoms with Gasteiger partial charge in [0.1, 0.15) is 0 Å². The molecule has 1 saturated heterocycles. The van der Waals surface area contributed by atoms with Gasteiger partial charge in [0.25, 0.3) is 0 Å². The molecule has 0 N–H and O–H groups in total. The molecule has 22 heavy (non-hydrogen) atoms. The maximum absolute atomic E-state index is 12.7. The highest BCUT2D eigenvalue weighted by Gasteiger charge is 2.42. The molecule has 0 bridgehead atoms. The molecule has 0 aromatic heterocycles. The third kappa shape index (κ3) is 3.45. The third-order valence-corrected chi connectivity index (χ3v) is 6.99. The summed E-state index contributed by atoms with van der Waals surface area (Å²) in [4.78, 5) is 11.5. The first kappa shape index (κ1) is 17.2. The second-order valence-electron chi connectivity index (χ2n) is 6.03. The van der Waals surface area contributed by atoms with Crippen molar-refractivity contribution in [1.29, 1.82) is 0 Å².